The maximum atomic E-state index is 13.2. The van der Waals surface area contributed by atoms with Gasteiger partial charge in [-0.15, -0.1) is 0 Å². The fourth-order valence-electron chi connectivity index (χ4n) is 3.42. The van der Waals surface area contributed by atoms with E-state index in [0.29, 0.717) is 23.7 Å². The molecular weight excluding hydrogens is 414 g/mol. The van der Waals surface area contributed by atoms with Crippen molar-refractivity contribution < 1.29 is 13.2 Å². The van der Waals surface area contributed by atoms with Gasteiger partial charge in [-0.05, 0) is 49.6 Å². The molecule has 1 N–H and O–H groups in total. The molecule has 0 bridgehead atoms. The summed E-state index contributed by atoms with van der Waals surface area (Å²) in [4.78, 5) is 13.2. The molecule has 2 aromatic carbocycles. The monoisotopic (exact) mass is 443 g/mol. The highest BCUT2D eigenvalue weighted by molar-refractivity contribution is 7.92. The number of rotatable bonds is 6. The Balaban J connectivity index is 2.07. The zero-order chi connectivity index (χ0) is 23.0. The van der Waals surface area contributed by atoms with Gasteiger partial charge < -0.3 is 4.74 Å². The summed E-state index contributed by atoms with van der Waals surface area (Å²) >= 11 is 0. The first kappa shape index (κ1) is 22.7. The second kappa shape index (κ2) is 8.26. The lowest BCUT2D eigenvalue weighted by atomic mass is 9.86. The minimum absolute atomic E-state index is 0.0255. The van der Waals surface area contributed by atoms with E-state index < -0.39 is 15.6 Å². The molecule has 0 unspecified atom stereocenters. The van der Waals surface area contributed by atoms with E-state index in [-0.39, 0.29) is 16.0 Å². The molecule has 31 heavy (non-hydrogen) atoms. The molecule has 0 aliphatic rings. The second-order valence-corrected chi connectivity index (χ2v) is 10.1. The second-order valence-electron chi connectivity index (χ2n) is 8.38. The molecule has 0 fully saturated rings. The summed E-state index contributed by atoms with van der Waals surface area (Å²) in [7, 11) is -2.27. The lowest BCUT2D eigenvalue weighted by molar-refractivity contribution is 0.329. The lowest BCUT2D eigenvalue weighted by Crippen LogP contribution is -2.23. The van der Waals surface area contributed by atoms with Crippen molar-refractivity contribution in [3.05, 3.63) is 70.1 Å². The van der Waals surface area contributed by atoms with Gasteiger partial charge in [-0.1, -0.05) is 39.0 Å². The van der Waals surface area contributed by atoms with Gasteiger partial charge in [-0.25, -0.2) is 13.1 Å². The average Bonchev–Trinajstić information content (AvgIpc) is 2.91. The number of benzene rings is 2. The molecule has 0 saturated carbocycles. The third-order valence-corrected chi connectivity index (χ3v) is 6.51. The fourth-order valence-corrected chi connectivity index (χ4v) is 4.56. The number of nitrogens with zero attached hydrogens (tertiary/aromatic N) is 2. The highest BCUT2D eigenvalue weighted by Gasteiger charge is 2.26. The smallest absolute Gasteiger partial charge is 0.296 e. The number of hydrogen-bond donors (Lipinski definition) is 1. The van der Waals surface area contributed by atoms with Crippen LogP contribution in [0, 0.1) is 6.92 Å². The standard InChI is InChI=1S/C23H29N3O4S/c1-7-30-20-14-13-18(15-19(20)23(3,4)5)31(28,29)24-21-16(2)25(6)26(22(21)27)17-11-9-8-10-12-17/h8-15,24H,7H2,1-6H3. The van der Waals surface area contributed by atoms with Gasteiger partial charge in [0.1, 0.15) is 11.4 Å². The predicted molar refractivity (Wildman–Crippen MR) is 123 cm³/mol. The summed E-state index contributed by atoms with van der Waals surface area (Å²) in [6, 6.07) is 13.9. The maximum absolute atomic E-state index is 13.2. The van der Waals surface area contributed by atoms with Crippen molar-refractivity contribution in [2.75, 3.05) is 11.3 Å². The van der Waals surface area contributed by atoms with Crippen molar-refractivity contribution in [1.82, 2.24) is 9.36 Å². The zero-order valence-corrected chi connectivity index (χ0v) is 19.6. The van der Waals surface area contributed by atoms with Gasteiger partial charge in [0.25, 0.3) is 15.6 Å². The summed E-state index contributed by atoms with van der Waals surface area (Å²) in [5.41, 5.74) is 1.22. The first-order chi connectivity index (χ1) is 14.5. The van der Waals surface area contributed by atoms with Gasteiger partial charge in [0.05, 0.1) is 22.9 Å². The number of hydrogen-bond acceptors (Lipinski definition) is 4. The van der Waals surface area contributed by atoms with Gasteiger partial charge in [-0.2, -0.15) is 0 Å². The number of nitrogens with one attached hydrogen (secondary N) is 1. The molecule has 0 atom stereocenters. The van der Waals surface area contributed by atoms with E-state index in [1.807, 2.05) is 45.9 Å². The lowest BCUT2D eigenvalue weighted by Gasteiger charge is -2.23. The molecule has 1 heterocycles. The van der Waals surface area contributed by atoms with Crippen LogP contribution in [0.3, 0.4) is 0 Å². The quantitative estimate of drug-likeness (QED) is 0.625. The van der Waals surface area contributed by atoms with Gasteiger partial charge >= 0.3 is 0 Å². The number of anilines is 1. The summed E-state index contributed by atoms with van der Waals surface area (Å²) in [6.07, 6.45) is 0. The topological polar surface area (TPSA) is 82.3 Å². The Kier molecular flexibility index (Phi) is 6.04. The minimum Gasteiger partial charge on any atom is -0.494 e. The largest absolute Gasteiger partial charge is 0.494 e. The van der Waals surface area contributed by atoms with Crippen molar-refractivity contribution in [3.63, 3.8) is 0 Å². The van der Waals surface area contributed by atoms with Crippen LogP contribution in [0.2, 0.25) is 0 Å². The van der Waals surface area contributed by atoms with Crippen molar-refractivity contribution in [1.29, 1.82) is 0 Å². The highest BCUT2D eigenvalue weighted by atomic mass is 32.2. The molecule has 8 heteroatoms. The van der Waals surface area contributed by atoms with Crippen LogP contribution in [0.1, 0.15) is 39.0 Å². The van der Waals surface area contributed by atoms with Gasteiger partial charge in [0.2, 0.25) is 0 Å². The van der Waals surface area contributed by atoms with Gasteiger partial charge in [-0.3, -0.25) is 14.2 Å². The van der Waals surface area contributed by atoms with Crippen molar-refractivity contribution >= 4 is 15.7 Å². The van der Waals surface area contributed by atoms with Crippen LogP contribution in [0.15, 0.2) is 58.2 Å². The normalized spacial score (nSPS) is 12.1. The molecule has 0 aliphatic carbocycles. The Hall–Kier alpha value is -3.00. The number of aromatic nitrogens is 2. The Labute approximate surface area is 183 Å². The SMILES string of the molecule is CCOc1ccc(S(=O)(=O)Nc2c(C)n(C)n(-c3ccccc3)c2=O)cc1C(C)(C)C. The van der Waals surface area contributed by atoms with E-state index in [1.165, 1.54) is 10.7 Å². The van der Waals surface area contributed by atoms with E-state index in [4.69, 9.17) is 4.74 Å². The molecule has 0 spiro atoms. The first-order valence-corrected chi connectivity index (χ1v) is 11.6. The van der Waals surface area contributed by atoms with Crippen LogP contribution < -0.4 is 15.0 Å². The molecule has 3 aromatic rings. The van der Waals surface area contributed by atoms with Gasteiger partial charge in [0, 0.05) is 12.6 Å². The van der Waals surface area contributed by atoms with E-state index in [9.17, 15) is 13.2 Å². The number of sulfonamides is 1. The Bertz CT molecular complexity index is 1250. The molecular formula is C23H29N3O4S. The third-order valence-electron chi connectivity index (χ3n) is 5.16. The van der Waals surface area contributed by atoms with Crippen LogP contribution in [0.4, 0.5) is 5.69 Å². The average molecular weight is 444 g/mol. The Morgan fingerprint density at radius 2 is 1.71 bits per heavy atom. The third kappa shape index (κ3) is 4.39. The summed E-state index contributed by atoms with van der Waals surface area (Å²) in [5, 5.41) is 0. The van der Waals surface area contributed by atoms with Crippen molar-refractivity contribution in [2.24, 2.45) is 7.05 Å². The Morgan fingerprint density at radius 3 is 2.29 bits per heavy atom. The number of para-hydroxylation sites is 1. The molecule has 0 amide bonds. The van der Waals surface area contributed by atoms with E-state index in [0.717, 1.165) is 5.56 Å². The van der Waals surface area contributed by atoms with E-state index in [2.05, 4.69) is 4.72 Å². The summed E-state index contributed by atoms with van der Waals surface area (Å²) in [5.74, 6) is 0.649. The van der Waals surface area contributed by atoms with Crippen LogP contribution >= 0.6 is 0 Å². The molecule has 1 aromatic heterocycles. The molecule has 7 nitrogen and oxygen atoms in total. The molecule has 0 saturated heterocycles. The number of ether oxygens (including phenoxy) is 1. The summed E-state index contributed by atoms with van der Waals surface area (Å²) < 4.78 is 37.7. The van der Waals surface area contributed by atoms with E-state index in [1.54, 1.807) is 42.9 Å². The first-order valence-electron chi connectivity index (χ1n) is 10.1. The predicted octanol–water partition coefficient (Wildman–Crippen LogP) is 3.98. The summed E-state index contributed by atoms with van der Waals surface area (Å²) in [6.45, 7) is 10.1. The molecule has 166 valence electrons. The van der Waals surface area contributed by atoms with Crippen molar-refractivity contribution in [2.45, 2.75) is 44.9 Å². The van der Waals surface area contributed by atoms with Crippen LogP contribution in [-0.2, 0) is 22.5 Å². The van der Waals surface area contributed by atoms with Crippen LogP contribution in [-0.4, -0.2) is 24.4 Å². The van der Waals surface area contributed by atoms with Crippen molar-refractivity contribution in [3.8, 4) is 11.4 Å². The molecule has 0 aliphatic heterocycles. The van der Waals surface area contributed by atoms with Crippen LogP contribution in [0.5, 0.6) is 5.75 Å². The fraction of sp³-hybridized carbons (Fsp3) is 0.348. The Morgan fingerprint density at radius 1 is 1.06 bits per heavy atom. The molecule has 3 rings (SSSR count). The van der Waals surface area contributed by atoms with E-state index >= 15 is 0 Å². The van der Waals surface area contributed by atoms with Crippen LogP contribution in [0.25, 0.3) is 5.69 Å². The zero-order valence-electron chi connectivity index (χ0n) is 18.8. The highest BCUT2D eigenvalue weighted by Crippen LogP contribution is 2.34. The maximum Gasteiger partial charge on any atom is 0.296 e. The van der Waals surface area contributed by atoms with Gasteiger partial charge in [0.15, 0.2) is 0 Å². The molecule has 0 radical (unpaired) electrons. The minimum atomic E-state index is -3.99.